The molecule has 0 aliphatic heterocycles. The number of aryl methyl sites for hydroxylation is 1. The van der Waals surface area contributed by atoms with Crippen LogP contribution in [0.1, 0.15) is 18.1 Å². The molecule has 0 saturated carbocycles. The summed E-state index contributed by atoms with van der Waals surface area (Å²) < 4.78 is 0. The summed E-state index contributed by atoms with van der Waals surface area (Å²) in [7, 11) is 0. The van der Waals surface area contributed by atoms with Crippen molar-refractivity contribution in [2.24, 2.45) is 0 Å². The van der Waals surface area contributed by atoms with E-state index in [-0.39, 0.29) is 5.91 Å². The first-order valence-electron chi connectivity index (χ1n) is 6.92. The maximum absolute atomic E-state index is 11.8. The van der Waals surface area contributed by atoms with E-state index in [1.54, 1.807) is 0 Å². The Morgan fingerprint density at radius 3 is 2.45 bits per heavy atom. The van der Waals surface area contributed by atoms with Gasteiger partial charge >= 0.3 is 0 Å². The Morgan fingerprint density at radius 1 is 1.00 bits per heavy atom. The van der Waals surface area contributed by atoms with E-state index in [0.29, 0.717) is 13.1 Å². The number of nitrogens with one attached hydrogen (secondary N) is 2. The summed E-state index contributed by atoms with van der Waals surface area (Å²) >= 11 is 0. The smallest absolute Gasteiger partial charge is 0.239 e. The molecule has 0 fully saturated rings. The second kappa shape index (κ2) is 7.34. The monoisotopic (exact) mass is 268 g/mol. The first-order chi connectivity index (χ1) is 9.79. The van der Waals surface area contributed by atoms with Crippen molar-refractivity contribution >= 4 is 11.6 Å². The molecule has 0 radical (unpaired) electrons. The molecular weight excluding hydrogens is 248 g/mol. The van der Waals surface area contributed by atoms with Crippen LogP contribution in [0.5, 0.6) is 0 Å². The Balaban J connectivity index is 1.80. The summed E-state index contributed by atoms with van der Waals surface area (Å²) in [5, 5.41) is 6.09. The van der Waals surface area contributed by atoms with Crippen LogP contribution in [0.3, 0.4) is 0 Å². The first kappa shape index (κ1) is 14.1. The van der Waals surface area contributed by atoms with Gasteiger partial charge in [-0.15, -0.1) is 0 Å². The Morgan fingerprint density at radius 2 is 1.70 bits per heavy atom. The summed E-state index contributed by atoms with van der Waals surface area (Å²) in [6, 6.07) is 18.0. The number of carbonyl (C=O) groups is 1. The lowest BCUT2D eigenvalue weighted by atomic mass is 10.1. The van der Waals surface area contributed by atoms with Crippen molar-refractivity contribution in [2.75, 3.05) is 11.9 Å². The van der Waals surface area contributed by atoms with E-state index in [2.05, 4.69) is 23.6 Å². The van der Waals surface area contributed by atoms with Gasteiger partial charge in [0.15, 0.2) is 0 Å². The van der Waals surface area contributed by atoms with Gasteiger partial charge in [0, 0.05) is 12.2 Å². The summed E-state index contributed by atoms with van der Waals surface area (Å²) in [6.45, 7) is 2.97. The lowest BCUT2D eigenvalue weighted by Crippen LogP contribution is -2.29. The minimum absolute atomic E-state index is 0.000223. The number of para-hydroxylation sites is 1. The molecule has 1 amide bonds. The fourth-order valence-corrected chi connectivity index (χ4v) is 2.04. The van der Waals surface area contributed by atoms with E-state index < -0.39 is 0 Å². The van der Waals surface area contributed by atoms with Gasteiger partial charge in [0.25, 0.3) is 0 Å². The molecule has 3 heteroatoms. The van der Waals surface area contributed by atoms with E-state index in [1.165, 1.54) is 5.56 Å². The SMILES string of the molecule is CCc1ccccc1NCC(=O)NCc1ccccc1. The number of amides is 1. The maximum Gasteiger partial charge on any atom is 0.239 e. The maximum atomic E-state index is 11.8. The van der Waals surface area contributed by atoms with Gasteiger partial charge in [0.05, 0.1) is 6.54 Å². The van der Waals surface area contributed by atoms with Crippen molar-refractivity contribution in [3.05, 3.63) is 65.7 Å². The number of benzene rings is 2. The summed E-state index contributed by atoms with van der Waals surface area (Å²) in [6.07, 6.45) is 0.953. The Bertz CT molecular complexity index is 552. The fraction of sp³-hybridized carbons (Fsp3) is 0.235. The van der Waals surface area contributed by atoms with Crippen LogP contribution in [-0.4, -0.2) is 12.5 Å². The number of rotatable bonds is 6. The van der Waals surface area contributed by atoms with Crippen LogP contribution in [0.2, 0.25) is 0 Å². The normalized spacial score (nSPS) is 10.1. The lowest BCUT2D eigenvalue weighted by molar-refractivity contribution is -0.119. The Labute approximate surface area is 120 Å². The zero-order valence-corrected chi connectivity index (χ0v) is 11.7. The molecule has 0 aliphatic rings. The van der Waals surface area contributed by atoms with E-state index in [4.69, 9.17) is 0 Å². The van der Waals surface area contributed by atoms with Crippen molar-refractivity contribution in [1.82, 2.24) is 5.32 Å². The van der Waals surface area contributed by atoms with E-state index in [1.807, 2.05) is 48.5 Å². The van der Waals surface area contributed by atoms with Gasteiger partial charge in [-0.3, -0.25) is 4.79 Å². The average Bonchev–Trinajstić information content (AvgIpc) is 2.52. The van der Waals surface area contributed by atoms with Crippen molar-refractivity contribution in [3.63, 3.8) is 0 Å². The van der Waals surface area contributed by atoms with Gasteiger partial charge in [-0.25, -0.2) is 0 Å². The summed E-state index contributed by atoms with van der Waals surface area (Å²) in [5.41, 5.74) is 3.36. The van der Waals surface area contributed by atoms with Gasteiger partial charge in [0.2, 0.25) is 5.91 Å². The second-order valence-corrected chi connectivity index (χ2v) is 4.63. The van der Waals surface area contributed by atoms with Crippen LogP contribution in [0, 0.1) is 0 Å². The molecule has 104 valence electrons. The highest BCUT2D eigenvalue weighted by atomic mass is 16.1. The number of anilines is 1. The molecule has 2 aromatic carbocycles. The van der Waals surface area contributed by atoms with Crippen molar-refractivity contribution in [1.29, 1.82) is 0 Å². The average molecular weight is 268 g/mol. The standard InChI is InChI=1S/C17H20N2O/c1-2-15-10-6-7-11-16(15)18-13-17(20)19-12-14-8-4-3-5-9-14/h3-11,18H,2,12-13H2,1H3,(H,19,20). The van der Waals surface area contributed by atoms with Gasteiger partial charge in [-0.2, -0.15) is 0 Å². The van der Waals surface area contributed by atoms with Crippen LogP contribution in [-0.2, 0) is 17.8 Å². The number of hydrogen-bond donors (Lipinski definition) is 2. The summed E-state index contributed by atoms with van der Waals surface area (Å²) in [4.78, 5) is 11.8. The van der Waals surface area contributed by atoms with Crippen LogP contribution in [0.25, 0.3) is 0 Å². The van der Waals surface area contributed by atoms with Crippen LogP contribution in [0.4, 0.5) is 5.69 Å². The molecule has 20 heavy (non-hydrogen) atoms. The predicted molar refractivity (Wildman–Crippen MR) is 82.6 cm³/mol. The predicted octanol–water partition coefficient (Wildman–Crippen LogP) is 2.98. The lowest BCUT2D eigenvalue weighted by Gasteiger charge is -2.11. The van der Waals surface area contributed by atoms with Gasteiger partial charge in [-0.05, 0) is 23.6 Å². The zero-order valence-electron chi connectivity index (χ0n) is 11.7. The van der Waals surface area contributed by atoms with Crippen molar-refractivity contribution in [2.45, 2.75) is 19.9 Å². The molecule has 3 nitrogen and oxygen atoms in total. The largest absolute Gasteiger partial charge is 0.376 e. The third-order valence-electron chi connectivity index (χ3n) is 3.17. The van der Waals surface area contributed by atoms with E-state index >= 15 is 0 Å². The molecule has 0 aromatic heterocycles. The highest BCUT2D eigenvalue weighted by molar-refractivity contribution is 5.80. The third-order valence-corrected chi connectivity index (χ3v) is 3.17. The van der Waals surface area contributed by atoms with E-state index in [0.717, 1.165) is 17.7 Å². The Kier molecular flexibility index (Phi) is 5.18. The van der Waals surface area contributed by atoms with Gasteiger partial charge < -0.3 is 10.6 Å². The highest BCUT2D eigenvalue weighted by Gasteiger charge is 2.03. The second-order valence-electron chi connectivity index (χ2n) is 4.63. The first-order valence-corrected chi connectivity index (χ1v) is 6.92. The molecule has 0 spiro atoms. The topological polar surface area (TPSA) is 41.1 Å². The number of carbonyl (C=O) groups excluding carboxylic acids is 1. The molecule has 0 unspecified atom stereocenters. The van der Waals surface area contributed by atoms with Gasteiger partial charge in [-0.1, -0.05) is 55.5 Å². The summed E-state index contributed by atoms with van der Waals surface area (Å²) in [5.74, 6) is -0.000223. The molecule has 2 N–H and O–H groups in total. The molecule has 2 rings (SSSR count). The molecule has 0 heterocycles. The fourth-order valence-electron chi connectivity index (χ4n) is 2.04. The quantitative estimate of drug-likeness (QED) is 0.845. The Hall–Kier alpha value is -2.29. The molecule has 2 aromatic rings. The van der Waals surface area contributed by atoms with Crippen LogP contribution < -0.4 is 10.6 Å². The zero-order chi connectivity index (χ0) is 14.2. The molecular formula is C17H20N2O. The van der Waals surface area contributed by atoms with Crippen molar-refractivity contribution < 1.29 is 4.79 Å². The molecule has 0 saturated heterocycles. The molecule has 0 bridgehead atoms. The minimum Gasteiger partial charge on any atom is -0.376 e. The third kappa shape index (κ3) is 4.12. The molecule has 0 aliphatic carbocycles. The van der Waals surface area contributed by atoms with Crippen molar-refractivity contribution in [3.8, 4) is 0 Å². The van der Waals surface area contributed by atoms with Gasteiger partial charge in [0.1, 0.15) is 0 Å². The van der Waals surface area contributed by atoms with Crippen LogP contribution in [0.15, 0.2) is 54.6 Å². The van der Waals surface area contributed by atoms with E-state index in [9.17, 15) is 4.79 Å². The number of hydrogen-bond acceptors (Lipinski definition) is 2. The minimum atomic E-state index is -0.000223. The van der Waals surface area contributed by atoms with Crippen LogP contribution >= 0.6 is 0 Å². The molecule has 0 atom stereocenters. The highest BCUT2D eigenvalue weighted by Crippen LogP contribution is 2.14.